The van der Waals surface area contributed by atoms with Gasteiger partial charge >= 0.3 is 0 Å². The van der Waals surface area contributed by atoms with Crippen molar-refractivity contribution in [2.45, 2.75) is 76.1 Å². The summed E-state index contributed by atoms with van der Waals surface area (Å²) in [6.07, 6.45) is 8.62. The van der Waals surface area contributed by atoms with Gasteiger partial charge in [-0.3, -0.25) is 4.90 Å². The van der Waals surface area contributed by atoms with Crippen LogP contribution in [0.5, 0.6) is 5.75 Å². The zero-order valence-corrected chi connectivity index (χ0v) is 18.1. The Labute approximate surface area is 175 Å². The smallest absolute Gasteiger partial charge is 0.119 e. The van der Waals surface area contributed by atoms with Crippen molar-refractivity contribution >= 4 is 0 Å². The molecule has 0 radical (unpaired) electrons. The normalized spacial score (nSPS) is 40.2. The van der Waals surface area contributed by atoms with Crippen molar-refractivity contribution < 1.29 is 14.6 Å². The Morgan fingerprint density at radius 3 is 2.10 bits per heavy atom. The number of aliphatic hydroxyl groups excluding tert-OH is 1. The summed E-state index contributed by atoms with van der Waals surface area (Å²) in [5.74, 6) is 3.79. The molecule has 1 saturated heterocycles. The fourth-order valence-electron chi connectivity index (χ4n) is 7.35. The predicted octanol–water partition coefficient (Wildman–Crippen LogP) is 4.00. The maximum absolute atomic E-state index is 10.4. The Hall–Kier alpha value is -1.10. The SMILES string of the molecule is C[C@@H]1CN(C[C@H](O)COc2ccc(C34CC5CC(CC(C5)C3)C4)cc2)C[C@@H](C)O1. The second-order valence-electron chi connectivity index (χ2n) is 10.7. The zero-order chi connectivity index (χ0) is 20.0. The lowest BCUT2D eigenvalue weighted by molar-refractivity contribution is -0.0786. The number of rotatable bonds is 6. The Morgan fingerprint density at radius 1 is 1.00 bits per heavy atom. The molecule has 1 N–H and O–H groups in total. The quantitative estimate of drug-likeness (QED) is 0.785. The van der Waals surface area contributed by atoms with Crippen LogP contribution in [0.4, 0.5) is 0 Å². The number of aliphatic hydroxyl groups is 1. The highest BCUT2D eigenvalue weighted by Crippen LogP contribution is 2.60. The molecule has 4 heteroatoms. The average molecular weight is 400 g/mol. The Bertz CT molecular complexity index is 657. The molecule has 4 saturated carbocycles. The molecular weight excluding hydrogens is 362 g/mol. The molecule has 6 rings (SSSR count). The number of benzene rings is 1. The van der Waals surface area contributed by atoms with E-state index in [0.717, 1.165) is 36.6 Å². The van der Waals surface area contributed by atoms with Gasteiger partial charge in [-0.05, 0) is 93.2 Å². The van der Waals surface area contributed by atoms with E-state index < -0.39 is 6.10 Å². The Morgan fingerprint density at radius 2 is 1.55 bits per heavy atom. The molecule has 1 aliphatic heterocycles. The molecule has 0 amide bonds. The van der Waals surface area contributed by atoms with Gasteiger partial charge in [0.15, 0.2) is 0 Å². The number of ether oxygens (including phenoxy) is 2. The van der Waals surface area contributed by atoms with Gasteiger partial charge in [0.2, 0.25) is 0 Å². The summed E-state index contributed by atoms with van der Waals surface area (Å²) < 4.78 is 11.7. The van der Waals surface area contributed by atoms with Crippen LogP contribution in [0.1, 0.15) is 57.9 Å². The van der Waals surface area contributed by atoms with E-state index in [9.17, 15) is 5.11 Å². The largest absolute Gasteiger partial charge is 0.491 e. The van der Waals surface area contributed by atoms with Crippen molar-refractivity contribution in [3.8, 4) is 5.75 Å². The minimum Gasteiger partial charge on any atom is -0.491 e. The fourth-order valence-corrected chi connectivity index (χ4v) is 7.35. The molecule has 4 bridgehead atoms. The summed E-state index contributed by atoms with van der Waals surface area (Å²) in [7, 11) is 0. The number of hydrogen-bond acceptors (Lipinski definition) is 4. The van der Waals surface area contributed by atoms with Crippen LogP contribution < -0.4 is 4.74 Å². The lowest BCUT2D eigenvalue weighted by Gasteiger charge is -2.57. The van der Waals surface area contributed by atoms with Crippen LogP contribution in [0.15, 0.2) is 24.3 Å². The second kappa shape index (κ2) is 7.86. The van der Waals surface area contributed by atoms with E-state index in [1.54, 1.807) is 0 Å². The molecule has 1 aromatic rings. The number of hydrogen-bond donors (Lipinski definition) is 1. The number of β-amino-alcohol motifs (C(OH)–C–C–N with tert-alkyl or cyclic N) is 1. The van der Waals surface area contributed by atoms with Crippen molar-refractivity contribution in [3.63, 3.8) is 0 Å². The van der Waals surface area contributed by atoms with E-state index in [2.05, 4.69) is 43.0 Å². The van der Waals surface area contributed by atoms with Crippen molar-refractivity contribution in [3.05, 3.63) is 29.8 Å². The highest BCUT2D eigenvalue weighted by Gasteiger charge is 2.51. The summed E-state index contributed by atoms with van der Waals surface area (Å²) in [6, 6.07) is 8.86. The van der Waals surface area contributed by atoms with Gasteiger partial charge in [-0.2, -0.15) is 0 Å². The lowest BCUT2D eigenvalue weighted by Crippen LogP contribution is -2.48. The predicted molar refractivity (Wildman–Crippen MR) is 114 cm³/mol. The van der Waals surface area contributed by atoms with E-state index in [-0.39, 0.29) is 12.2 Å². The topological polar surface area (TPSA) is 41.9 Å². The molecule has 0 spiro atoms. The minimum atomic E-state index is -0.477. The van der Waals surface area contributed by atoms with Crippen LogP contribution in [-0.2, 0) is 10.2 Å². The maximum atomic E-state index is 10.4. The molecule has 1 heterocycles. The van der Waals surface area contributed by atoms with Crippen LogP contribution in [0.3, 0.4) is 0 Å². The van der Waals surface area contributed by atoms with Gasteiger partial charge in [0.1, 0.15) is 18.5 Å². The summed E-state index contributed by atoms with van der Waals surface area (Å²) in [4.78, 5) is 2.28. The Kier molecular flexibility index (Phi) is 5.38. The standard InChI is InChI=1S/C25H37NO3/c1-17-13-26(14-18(2)29-17)15-23(27)16-28-24-5-3-22(4-6-24)25-10-19-7-20(11-25)9-21(8-19)12-25/h3-6,17-21,23,27H,7-16H2,1-2H3/t17-,18-,19?,20?,21?,23+,25?/m1/s1. The van der Waals surface area contributed by atoms with Gasteiger partial charge in [-0.15, -0.1) is 0 Å². The highest BCUT2D eigenvalue weighted by atomic mass is 16.5. The molecule has 3 atom stereocenters. The third kappa shape index (κ3) is 4.22. The van der Waals surface area contributed by atoms with Crippen molar-refractivity contribution in [1.82, 2.24) is 4.90 Å². The molecule has 1 aromatic carbocycles. The lowest BCUT2D eigenvalue weighted by atomic mass is 9.48. The molecule has 0 unspecified atom stereocenters. The first-order chi connectivity index (χ1) is 14.0. The molecule has 160 valence electrons. The average Bonchev–Trinajstić information content (AvgIpc) is 2.65. The van der Waals surface area contributed by atoms with Crippen LogP contribution in [-0.4, -0.2) is 54.6 Å². The van der Waals surface area contributed by atoms with Crippen LogP contribution in [0.2, 0.25) is 0 Å². The van der Waals surface area contributed by atoms with Crippen molar-refractivity contribution in [1.29, 1.82) is 0 Å². The monoisotopic (exact) mass is 399 g/mol. The van der Waals surface area contributed by atoms with E-state index in [0.29, 0.717) is 18.6 Å². The third-order valence-corrected chi connectivity index (χ3v) is 7.91. The first-order valence-electron chi connectivity index (χ1n) is 11.8. The molecular formula is C25H37NO3. The molecule has 0 aromatic heterocycles. The summed E-state index contributed by atoms with van der Waals surface area (Å²) in [5, 5.41) is 10.4. The van der Waals surface area contributed by atoms with Crippen molar-refractivity contribution in [2.75, 3.05) is 26.2 Å². The minimum absolute atomic E-state index is 0.226. The zero-order valence-electron chi connectivity index (χ0n) is 18.1. The van der Waals surface area contributed by atoms with Gasteiger partial charge in [-0.1, -0.05) is 12.1 Å². The Balaban J connectivity index is 1.15. The molecule has 5 fully saturated rings. The summed E-state index contributed by atoms with van der Waals surface area (Å²) >= 11 is 0. The van der Waals surface area contributed by atoms with Crippen LogP contribution in [0.25, 0.3) is 0 Å². The first kappa shape index (κ1) is 19.8. The molecule has 4 aliphatic carbocycles. The summed E-state index contributed by atoms with van der Waals surface area (Å²) in [6.45, 7) is 6.93. The molecule has 5 aliphatic rings. The maximum Gasteiger partial charge on any atom is 0.119 e. The van der Waals surface area contributed by atoms with Gasteiger partial charge in [0, 0.05) is 19.6 Å². The van der Waals surface area contributed by atoms with Gasteiger partial charge < -0.3 is 14.6 Å². The highest BCUT2D eigenvalue weighted by molar-refractivity contribution is 5.34. The van der Waals surface area contributed by atoms with Crippen LogP contribution >= 0.6 is 0 Å². The molecule has 4 nitrogen and oxygen atoms in total. The number of morpholine rings is 1. The van der Waals surface area contributed by atoms with Gasteiger partial charge in [0.05, 0.1) is 12.2 Å². The molecule has 29 heavy (non-hydrogen) atoms. The van der Waals surface area contributed by atoms with Gasteiger partial charge in [-0.25, -0.2) is 0 Å². The van der Waals surface area contributed by atoms with Gasteiger partial charge in [0.25, 0.3) is 0 Å². The van der Waals surface area contributed by atoms with E-state index in [1.807, 2.05) is 0 Å². The first-order valence-corrected chi connectivity index (χ1v) is 11.8. The summed E-state index contributed by atoms with van der Waals surface area (Å²) in [5.41, 5.74) is 1.97. The van der Waals surface area contributed by atoms with E-state index in [1.165, 1.54) is 44.1 Å². The second-order valence-corrected chi connectivity index (χ2v) is 10.7. The third-order valence-electron chi connectivity index (χ3n) is 7.91. The van der Waals surface area contributed by atoms with Crippen molar-refractivity contribution in [2.24, 2.45) is 17.8 Å². The van der Waals surface area contributed by atoms with Crippen LogP contribution in [0, 0.1) is 17.8 Å². The van der Waals surface area contributed by atoms with E-state index >= 15 is 0 Å². The fraction of sp³-hybridized carbons (Fsp3) is 0.760. The van der Waals surface area contributed by atoms with E-state index in [4.69, 9.17) is 9.47 Å². The number of nitrogens with zero attached hydrogens (tertiary/aromatic N) is 1.